The fraction of sp³-hybridized carbons (Fsp3) is 0.727. The molecule has 1 heterocycles. The first-order chi connectivity index (χ1) is 20.2. The Morgan fingerprint density at radius 2 is 1.43 bits per heavy atom. The van der Waals surface area contributed by atoms with Crippen molar-refractivity contribution in [1.29, 1.82) is 0 Å². The highest BCUT2D eigenvalue weighted by Crippen LogP contribution is 2.64. The molecular formula is C33H55N2O8P. The van der Waals surface area contributed by atoms with Crippen LogP contribution in [-0.2, 0) is 44.2 Å². The minimum absolute atomic E-state index is 0.160. The van der Waals surface area contributed by atoms with E-state index in [0.717, 1.165) is 5.56 Å². The lowest BCUT2D eigenvalue weighted by Gasteiger charge is -2.38. The monoisotopic (exact) mass is 638 g/mol. The van der Waals surface area contributed by atoms with E-state index in [1.807, 2.05) is 30.3 Å². The summed E-state index contributed by atoms with van der Waals surface area (Å²) < 4.78 is 37.7. The maximum atomic E-state index is 14.8. The molecule has 11 heteroatoms. The van der Waals surface area contributed by atoms with Gasteiger partial charge in [-0.1, -0.05) is 30.3 Å². The summed E-state index contributed by atoms with van der Waals surface area (Å²) in [6.07, 6.45) is 0.990. The Bertz CT molecular complexity index is 1130. The lowest BCUT2D eigenvalue weighted by molar-refractivity contribution is -0.170. The Morgan fingerprint density at radius 3 is 1.93 bits per heavy atom. The number of nitrogens with zero attached hydrogens (tertiary/aromatic N) is 1. The molecule has 0 aliphatic carbocycles. The van der Waals surface area contributed by atoms with Crippen LogP contribution in [0.4, 0.5) is 0 Å². The van der Waals surface area contributed by atoms with E-state index in [0.29, 0.717) is 26.1 Å². The highest BCUT2D eigenvalue weighted by atomic mass is 31.2. The summed E-state index contributed by atoms with van der Waals surface area (Å²) in [5.41, 5.74) is -1.29. The fourth-order valence-corrected chi connectivity index (χ4v) is 8.16. The van der Waals surface area contributed by atoms with E-state index < -0.39 is 53.3 Å². The minimum Gasteiger partial charge on any atom is -0.459 e. The molecule has 0 spiro atoms. The van der Waals surface area contributed by atoms with E-state index >= 15 is 0 Å². The summed E-state index contributed by atoms with van der Waals surface area (Å²) in [6.45, 7) is 19.5. The SMILES string of the molecule is CCOP1(=O)CCN(Cc2ccccc2)CCC1(CCCNC(C(=O)OC(C)(C)C)C(=O)OC(C)(C)C)C(=O)OC(C)(C)C. The van der Waals surface area contributed by atoms with Crippen molar-refractivity contribution in [3.05, 3.63) is 35.9 Å². The van der Waals surface area contributed by atoms with E-state index in [1.165, 1.54) is 0 Å². The van der Waals surface area contributed by atoms with E-state index in [2.05, 4.69) is 10.2 Å². The van der Waals surface area contributed by atoms with Gasteiger partial charge in [0, 0.05) is 25.8 Å². The molecule has 1 aliphatic rings. The zero-order valence-electron chi connectivity index (χ0n) is 28.5. The number of hydrogen-bond acceptors (Lipinski definition) is 10. The molecule has 250 valence electrons. The van der Waals surface area contributed by atoms with Gasteiger partial charge in [-0.2, -0.15) is 0 Å². The molecule has 1 N–H and O–H groups in total. The summed E-state index contributed by atoms with van der Waals surface area (Å²) >= 11 is 0. The number of carbonyl (C=O) groups is 3. The average Bonchev–Trinajstić information content (AvgIpc) is 2.99. The third-order valence-corrected chi connectivity index (χ3v) is 10.4. The maximum Gasteiger partial charge on any atom is 0.335 e. The standard InChI is InChI=1S/C33H55N2O8P/c1-11-40-44(39)23-22-35(24-25-16-13-12-14-17-25)21-19-33(44,29(38)43-32(8,9)10)18-15-20-34-26(27(36)41-30(2,3)4)28(37)42-31(5,6)7/h12-14,16-17,26,34H,11,15,18-24H2,1-10H3. The smallest absolute Gasteiger partial charge is 0.335 e. The summed E-state index contributed by atoms with van der Waals surface area (Å²) in [5.74, 6) is -2.04. The van der Waals surface area contributed by atoms with Crippen LogP contribution in [0.15, 0.2) is 30.3 Å². The lowest BCUT2D eigenvalue weighted by Crippen LogP contribution is -2.50. The highest BCUT2D eigenvalue weighted by Gasteiger charge is 2.57. The summed E-state index contributed by atoms with van der Waals surface area (Å²) in [7, 11) is -3.57. The van der Waals surface area contributed by atoms with Crippen molar-refractivity contribution in [2.45, 2.75) is 123 Å². The molecule has 1 saturated heterocycles. The Balaban J connectivity index is 2.35. The molecule has 2 atom stereocenters. The summed E-state index contributed by atoms with van der Waals surface area (Å²) in [6, 6.07) is 8.67. The van der Waals surface area contributed by atoms with Crippen LogP contribution in [0.3, 0.4) is 0 Å². The van der Waals surface area contributed by atoms with Crippen LogP contribution in [0.25, 0.3) is 0 Å². The van der Waals surface area contributed by atoms with Crippen molar-refractivity contribution in [2.24, 2.45) is 0 Å². The predicted octanol–water partition coefficient (Wildman–Crippen LogP) is 5.71. The topological polar surface area (TPSA) is 120 Å². The van der Waals surface area contributed by atoms with Crippen LogP contribution < -0.4 is 5.32 Å². The van der Waals surface area contributed by atoms with Crippen molar-refractivity contribution in [2.75, 3.05) is 32.4 Å². The van der Waals surface area contributed by atoms with Crippen molar-refractivity contribution < 1.29 is 37.7 Å². The molecule has 0 bridgehead atoms. The third-order valence-electron chi connectivity index (χ3n) is 6.97. The highest BCUT2D eigenvalue weighted by molar-refractivity contribution is 7.61. The van der Waals surface area contributed by atoms with Gasteiger partial charge in [0.15, 0.2) is 0 Å². The normalized spacial score (nSPS) is 21.9. The van der Waals surface area contributed by atoms with Crippen LogP contribution in [0.2, 0.25) is 0 Å². The molecule has 0 saturated carbocycles. The quantitative estimate of drug-likeness (QED) is 0.100. The number of benzene rings is 1. The van der Waals surface area contributed by atoms with Gasteiger partial charge in [0.05, 0.1) is 6.61 Å². The number of esters is 3. The first-order valence-electron chi connectivity index (χ1n) is 15.6. The van der Waals surface area contributed by atoms with E-state index in [9.17, 15) is 18.9 Å². The van der Waals surface area contributed by atoms with Crippen molar-refractivity contribution in [3.63, 3.8) is 0 Å². The molecule has 1 fully saturated rings. The molecular weight excluding hydrogens is 583 g/mol. The molecule has 0 amide bonds. The molecule has 44 heavy (non-hydrogen) atoms. The number of hydrogen-bond donors (Lipinski definition) is 1. The Hall–Kier alpha value is -2.26. The van der Waals surface area contributed by atoms with Gasteiger partial charge in [-0.25, -0.2) is 9.59 Å². The molecule has 0 radical (unpaired) electrons. The number of ether oxygens (including phenoxy) is 3. The van der Waals surface area contributed by atoms with Gasteiger partial charge < -0.3 is 18.7 Å². The van der Waals surface area contributed by atoms with Crippen LogP contribution in [0.1, 0.15) is 94.1 Å². The summed E-state index contributed by atoms with van der Waals surface area (Å²) in [4.78, 5) is 42.2. The fourth-order valence-electron chi connectivity index (χ4n) is 5.13. The second kappa shape index (κ2) is 15.4. The van der Waals surface area contributed by atoms with Gasteiger partial charge in [-0.05, 0) is 101 Å². The van der Waals surface area contributed by atoms with Gasteiger partial charge in [0.25, 0.3) is 0 Å². The van der Waals surface area contributed by atoms with Crippen LogP contribution in [0, 0.1) is 0 Å². The first kappa shape index (κ1) is 37.9. The number of rotatable bonds is 12. The number of carbonyl (C=O) groups excluding carboxylic acids is 3. The van der Waals surface area contributed by atoms with Crippen LogP contribution in [0.5, 0.6) is 0 Å². The van der Waals surface area contributed by atoms with Gasteiger partial charge in [0.1, 0.15) is 22.0 Å². The third kappa shape index (κ3) is 11.6. The lowest BCUT2D eigenvalue weighted by atomic mass is 9.96. The predicted molar refractivity (Wildman–Crippen MR) is 172 cm³/mol. The Kier molecular flexibility index (Phi) is 13.2. The molecule has 10 nitrogen and oxygen atoms in total. The van der Waals surface area contributed by atoms with Gasteiger partial charge in [0.2, 0.25) is 13.4 Å². The van der Waals surface area contributed by atoms with Gasteiger partial charge in [-0.3, -0.25) is 19.6 Å². The second-order valence-corrected chi connectivity index (χ2v) is 17.3. The second-order valence-electron chi connectivity index (χ2n) is 14.4. The van der Waals surface area contributed by atoms with E-state index in [4.69, 9.17) is 18.7 Å². The van der Waals surface area contributed by atoms with Crippen molar-refractivity contribution in [3.8, 4) is 0 Å². The summed E-state index contributed by atoms with van der Waals surface area (Å²) in [5, 5.41) is 1.59. The average molecular weight is 639 g/mol. The largest absolute Gasteiger partial charge is 0.459 e. The van der Waals surface area contributed by atoms with Crippen LogP contribution in [-0.4, -0.2) is 83.2 Å². The zero-order chi connectivity index (χ0) is 33.4. The Labute approximate surface area is 264 Å². The van der Waals surface area contributed by atoms with E-state index in [-0.39, 0.29) is 32.2 Å². The van der Waals surface area contributed by atoms with Gasteiger partial charge >= 0.3 is 17.9 Å². The van der Waals surface area contributed by atoms with Crippen LogP contribution >= 0.6 is 7.37 Å². The molecule has 2 unspecified atom stereocenters. The molecule has 1 aromatic carbocycles. The molecule has 1 aliphatic heterocycles. The molecule has 2 rings (SSSR count). The number of nitrogens with one attached hydrogen (secondary N) is 1. The van der Waals surface area contributed by atoms with Crippen molar-refractivity contribution in [1.82, 2.24) is 10.2 Å². The Morgan fingerprint density at radius 1 is 0.886 bits per heavy atom. The molecule has 0 aromatic heterocycles. The zero-order valence-corrected chi connectivity index (χ0v) is 29.4. The minimum atomic E-state index is -3.57. The van der Waals surface area contributed by atoms with Crippen molar-refractivity contribution >= 4 is 25.3 Å². The molecule has 1 aromatic rings. The maximum absolute atomic E-state index is 14.8. The van der Waals surface area contributed by atoms with Gasteiger partial charge in [-0.15, -0.1) is 0 Å². The van der Waals surface area contributed by atoms with E-state index in [1.54, 1.807) is 69.2 Å². The first-order valence-corrected chi connectivity index (χ1v) is 17.4.